The van der Waals surface area contributed by atoms with Crippen molar-refractivity contribution in [3.05, 3.63) is 27.2 Å². The molecule has 2 aliphatic rings. The van der Waals surface area contributed by atoms with Gasteiger partial charge in [-0.1, -0.05) is 22.9 Å². The second-order valence-corrected chi connectivity index (χ2v) is 6.57. The number of hydrogen-bond acceptors (Lipinski definition) is 1. The van der Waals surface area contributed by atoms with Crippen molar-refractivity contribution in [2.45, 2.75) is 38.0 Å². The molecule has 0 radical (unpaired) electrons. The Bertz CT molecular complexity index is 458. The van der Waals surface area contributed by atoms with E-state index < -0.39 is 0 Å². The molecule has 0 bridgehead atoms. The van der Waals surface area contributed by atoms with Crippen LogP contribution in [0.2, 0.25) is 0 Å². The Labute approximate surface area is 116 Å². The van der Waals surface area contributed by atoms with E-state index in [9.17, 15) is 0 Å². The van der Waals surface area contributed by atoms with Crippen molar-refractivity contribution >= 4 is 27.5 Å². The normalized spacial score (nSPS) is 27.0. The van der Waals surface area contributed by atoms with Gasteiger partial charge in [0.05, 0.1) is 12.0 Å². The highest BCUT2D eigenvalue weighted by Crippen LogP contribution is 2.46. The molecule has 0 saturated heterocycles. The minimum Gasteiger partial charge on any atom is -0.493 e. The molecule has 0 spiro atoms. The molecule has 17 heavy (non-hydrogen) atoms. The molecule has 1 nitrogen and oxygen atoms in total. The van der Waals surface area contributed by atoms with E-state index in [2.05, 4.69) is 28.9 Å². The van der Waals surface area contributed by atoms with E-state index in [1.54, 1.807) is 0 Å². The number of rotatable bonds is 0. The van der Waals surface area contributed by atoms with E-state index >= 15 is 0 Å². The lowest BCUT2D eigenvalue weighted by atomic mass is 9.98. The van der Waals surface area contributed by atoms with E-state index in [0.717, 1.165) is 31.6 Å². The quantitative estimate of drug-likeness (QED) is 0.501. The smallest absolute Gasteiger partial charge is 0.126 e. The monoisotopic (exact) mass is 314 g/mol. The standard InChI is InChI=1S/C14H16BrClO/c1-8-2-3-10-13(12(16)6-8)11(15)7-9-4-5-17-14(9)10/h7-8,12H,2-6H2,1H3. The number of alkyl halides is 1. The van der Waals surface area contributed by atoms with Gasteiger partial charge in [-0.25, -0.2) is 0 Å². The Morgan fingerprint density at radius 2 is 2.24 bits per heavy atom. The highest BCUT2D eigenvalue weighted by Gasteiger charge is 2.29. The summed E-state index contributed by atoms with van der Waals surface area (Å²) in [6.07, 6.45) is 4.40. The van der Waals surface area contributed by atoms with Crippen LogP contribution in [0.25, 0.3) is 0 Å². The maximum absolute atomic E-state index is 6.57. The van der Waals surface area contributed by atoms with Gasteiger partial charge >= 0.3 is 0 Å². The first-order valence-electron chi connectivity index (χ1n) is 6.28. The van der Waals surface area contributed by atoms with Crippen molar-refractivity contribution in [3.63, 3.8) is 0 Å². The first-order chi connectivity index (χ1) is 8.16. The van der Waals surface area contributed by atoms with Crippen molar-refractivity contribution in [2.75, 3.05) is 6.61 Å². The predicted molar refractivity (Wildman–Crippen MR) is 74.0 cm³/mol. The molecule has 2 atom stereocenters. The van der Waals surface area contributed by atoms with Gasteiger partial charge in [-0.15, -0.1) is 11.6 Å². The summed E-state index contributed by atoms with van der Waals surface area (Å²) in [6.45, 7) is 3.11. The average molecular weight is 316 g/mol. The van der Waals surface area contributed by atoms with Gasteiger partial charge in [0.25, 0.3) is 0 Å². The van der Waals surface area contributed by atoms with Crippen LogP contribution in [-0.2, 0) is 12.8 Å². The number of halogens is 2. The van der Waals surface area contributed by atoms with Crippen LogP contribution in [0, 0.1) is 5.92 Å². The molecule has 1 aliphatic carbocycles. The molecule has 1 aliphatic heterocycles. The van der Waals surface area contributed by atoms with E-state index in [1.807, 2.05) is 0 Å². The molecular weight excluding hydrogens is 300 g/mol. The molecule has 92 valence electrons. The van der Waals surface area contributed by atoms with Crippen molar-refractivity contribution in [2.24, 2.45) is 5.92 Å². The van der Waals surface area contributed by atoms with Gasteiger partial charge in [-0.05, 0) is 42.4 Å². The van der Waals surface area contributed by atoms with Gasteiger partial charge < -0.3 is 4.74 Å². The van der Waals surface area contributed by atoms with E-state index in [4.69, 9.17) is 16.3 Å². The van der Waals surface area contributed by atoms with Crippen LogP contribution in [0.5, 0.6) is 5.75 Å². The number of ether oxygens (including phenoxy) is 1. The van der Waals surface area contributed by atoms with Gasteiger partial charge in [0, 0.05) is 16.5 Å². The molecule has 0 N–H and O–H groups in total. The fourth-order valence-electron chi connectivity index (χ4n) is 2.95. The van der Waals surface area contributed by atoms with Gasteiger partial charge in [-0.3, -0.25) is 0 Å². The molecule has 3 rings (SSSR count). The Kier molecular flexibility index (Phi) is 3.12. The van der Waals surface area contributed by atoms with Gasteiger partial charge in [0.15, 0.2) is 0 Å². The summed E-state index contributed by atoms with van der Waals surface area (Å²) in [5.41, 5.74) is 3.97. The van der Waals surface area contributed by atoms with E-state index in [-0.39, 0.29) is 5.38 Å². The van der Waals surface area contributed by atoms with E-state index in [0.29, 0.717) is 5.92 Å². The maximum atomic E-state index is 6.57. The molecule has 1 heterocycles. The van der Waals surface area contributed by atoms with E-state index in [1.165, 1.54) is 27.6 Å². The Hall–Kier alpha value is -0.210. The molecule has 0 amide bonds. The number of benzene rings is 1. The van der Waals surface area contributed by atoms with Crippen LogP contribution in [0.4, 0.5) is 0 Å². The zero-order chi connectivity index (χ0) is 12.0. The SMILES string of the molecule is CC1CCc2c3c(cc(Br)c2C(Cl)C1)CCO3. The highest BCUT2D eigenvalue weighted by atomic mass is 79.9. The van der Waals surface area contributed by atoms with Crippen molar-refractivity contribution < 1.29 is 4.74 Å². The molecule has 2 unspecified atom stereocenters. The van der Waals surface area contributed by atoms with Crippen LogP contribution < -0.4 is 4.74 Å². The van der Waals surface area contributed by atoms with Crippen LogP contribution in [0.3, 0.4) is 0 Å². The molecule has 1 aromatic carbocycles. The minimum absolute atomic E-state index is 0.117. The zero-order valence-corrected chi connectivity index (χ0v) is 12.3. The first-order valence-corrected chi connectivity index (χ1v) is 7.50. The van der Waals surface area contributed by atoms with Crippen LogP contribution >= 0.6 is 27.5 Å². The van der Waals surface area contributed by atoms with Crippen LogP contribution in [0.1, 0.15) is 41.8 Å². The lowest BCUT2D eigenvalue weighted by Crippen LogP contribution is -1.99. The third-order valence-corrected chi connectivity index (χ3v) is 4.93. The lowest BCUT2D eigenvalue weighted by Gasteiger charge is -2.16. The predicted octanol–water partition coefficient (Wildman–Crippen LogP) is 4.64. The molecule has 1 aromatic rings. The molecule has 3 heteroatoms. The summed E-state index contributed by atoms with van der Waals surface area (Å²) in [5.74, 6) is 1.82. The lowest BCUT2D eigenvalue weighted by molar-refractivity contribution is 0.352. The summed E-state index contributed by atoms with van der Waals surface area (Å²) >= 11 is 10.3. The summed E-state index contributed by atoms with van der Waals surface area (Å²) in [6, 6.07) is 2.20. The van der Waals surface area contributed by atoms with Crippen LogP contribution in [0.15, 0.2) is 10.5 Å². The average Bonchev–Trinajstić information content (AvgIpc) is 2.66. The fraction of sp³-hybridized carbons (Fsp3) is 0.571. The molecule has 0 aromatic heterocycles. The highest BCUT2D eigenvalue weighted by molar-refractivity contribution is 9.10. The summed E-state index contributed by atoms with van der Waals surface area (Å²) in [4.78, 5) is 0. The van der Waals surface area contributed by atoms with Crippen molar-refractivity contribution in [1.29, 1.82) is 0 Å². The second kappa shape index (κ2) is 4.47. The number of fused-ring (bicyclic) bond motifs is 3. The maximum Gasteiger partial charge on any atom is 0.126 e. The largest absolute Gasteiger partial charge is 0.493 e. The van der Waals surface area contributed by atoms with Gasteiger partial charge in [-0.2, -0.15) is 0 Å². The Morgan fingerprint density at radius 1 is 1.41 bits per heavy atom. The molecular formula is C14H16BrClO. The second-order valence-electron chi connectivity index (χ2n) is 5.18. The third kappa shape index (κ3) is 2.00. The van der Waals surface area contributed by atoms with Gasteiger partial charge in [0.1, 0.15) is 5.75 Å². The molecule has 0 saturated carbocycles. The number of hydrogen-bond donors (Lipinski definition) is 0. The minimum atomic E-state index is 0.117. The topological polar surface area (TPSA) is 9.23 Å². The Morgan fingerprint density at radius 3 is 3.06 bits per heavy atom. The van der Waals surface area contributed by atoms with Crippen molar-refractivity contribution in [1.82, 2.24) is 0 Å². The fourth-order valence-corrected chi connectivity index (χ4v) is 4.43. The summed E-state index contributed by atoms with van der Waals surface area (Å²) in [5, 5.41) is 0.117. The summed E-state index contributed by atoms with van der Waals surface area (Å²) in [7, 11) is 0. The van der Waals surface area contributed by atoms with Crippen molar-refractivity contribution in [3.8, 4) is 5.75 Å². The summed E-state index contributed by atoms with van der Waals surface area (Å²) < 4.78 is 6.98. The first kappa shape index (κ1) is 11.9. The van der Waals surface area contributed by atoms with Gasteiger partial charge in [0.2, 0.25) is 0 Å². The van der Waals surface area contributed by atoms with Crippen LogP contribution in [-0.4, -0.2) is 6.61 Å². The Balaban J connectivity index is 2.16. The molecule has 0 fully saturated rings. The third-order valence-electron chi connectivity index (χ3n) is 3.88. The zero-order valence-electron chi connectivity index (χ0n) is 9.93.